The highest BCUT2D eigenvalue weighted by molar-refractivity contribution is 7.90. The van der Waals surface area contributed by atoms with Crippen LogP contribution in [-0.4, -0.2) is 26.8 Å². The first kappa shape index (κ1) is 12.9. The van der Waals surface area contributed by atoms with Crippen LogP contribution in [-0.2, 0) is 9.84 Å². The maximum absolute atomic E-state index is 11.4. The van der Waals surface area contributed by atoms with Gasteiger partial charge in [-0.25, -0.2) is 13.4 Å². The summed E-state index contributed by atoms with van der Waals surface area (Å²) in [5.41, 5.74) is 6.57. The van der Waals surface area contributed by atoms with Gasteiger partial charge in [0.05, 0.1) is 7.11 Å². The van der Waals surface area contributed by atoms with E-state index in [0.29, 0.717) is 0 Å². The van der Waals surface area contributed by atoms with E-state index < -0.39 is 9.84 Å². The normalized spacial score (nSPS) is 13.5. The van der Waals surface area contributed by atoms with Gasteiger partial charge in [-0.1, -0.05) is 6.92 Å². The first-order valence-electron chi connectivity index (χ1n) is 4.90. The minimum atomic E-state index is -3.35. The molecule has 0 bridgehead atoms. The van der Waals surface area contributed by atoms with Crippen molar-refractivity contribution in [2.75, 3.05) is 13.4 Å². The molecule has 0 saturated heterocycles. The molecule has 1 atom stereocenters. The van der Waals surface area contributed by atoms with E-state index in [0.717, 1.165) is 18.2 Å². The second kappa shape index (κ2) is 4.80. The molecular formula is C10H16N2O3S. The van der Waals surface area contributed by atoms with Crippen LogP contribution in [0.15, 0.2) is 17.2 Å². The van der Waals surface area contributed by atoms with E-state index in [1.807, 2.05) is 6.92 Å². The molecule has 0 amide bonds. The number of hydrogen-bond donors (Lipinski definition) is 1. The Kier molecular flexibility index (Phi) is 3.88. The maximum Gasteiger partial charge on any atom is 0.214 e. The van der Waals surface area contributed by atoms with E-state index in [4.69, 9.17) is 10.5 Å². The smallest absolute Gasteiger partial charge is 0.214 e. The van der Waals surface area contributed by atoms with Crippen molar-refractivity contribution in [3.05, 3.63) is 17.7 Å². The molecule has 0 spiro atoms. The lowest BCUT2D eigenvalue weighted by atomic mass is 10.1. The van der Waals surface area contributed by atoms with Crippen LogP contribution in [0.25, 0.3) is 0 Å². The number of nitrogens with zero attached hydrogens (tertiary/aromatic N) is 1. The number of pyridine rings is 1. The van der Waals surface area contributed by atoms with E-state index in [2.05, 4.69) is 4.98 Å². The fourth-order valence-corrected chi connectivity index (χ4v) is 1.85. The third-order valence-electron chi connectivity index (χ3n) is 2.26. The molecule has 0 saturated carbocycles. The molecular weight excluding hydrogens is 228 g/mol. The van der Waals surface area contributed by atoms with Crippen LogP contribution >= 0.6 is 0 Å². The fourth-order valence-electron chi connectivity index (χ4n) is 1.24. The average molecular weight is 244 g/mol. The van der Waals surface area contributed by atoms with Crippen LogP contribution < -0.4 is 10.5 Å². The van der Waals surface area contributed by atoms with E-state index in [9.17, 15) is 8.42 Å². The molecule has 0 radical (unpaired) electrons. The van der Waals surface area contributed by atoms with Gasteiger partial charge in [-0.15, -0.1) is 0 Å². The molecule has 2 N–H and O–H groups in total. The molecule has 5 nitrogen and oxygen atoms in total. The Bertz CT molecular complexity index is 471. The van der Waals surface area contributed by atoms with Crippen LogP contribution in [0.5, 0.6) is 5.88 Å². The van der Waals surface area contributed by atoms with E-state index in [-0.39, 0.29) is 16.9 Å². The third-order valence-corrected chi connectivity index (χ3v) is 3.23. The zero-order valence-electron chi connectivity index (χ0n) is 9.60. The zero-order valence-corrected chi connectivity index (χ0v) is 10.4. The monoisotopic (exact) mass is 244 g/mol. The van der Waals surface area contributed by atoms with Gasteiger partial charge in [-0.05, 0) is 18.1 Å². The average Bonchev–Trinajstić information content (AvgIpc) is 2.26. The summed E-state index contributed by atoms with van der Waals surface area (Å²) in [4.78, 5) is 3.87. The van der Waals surface area contributed by atoms with Gasteiger partial charge in [0.2, 0.25) is 5.88 Å². The summed E-state index contributed by atoms with van der Waals surface area (Å²) in [5.74, 6) is 0.266. The standard InChI is InChI=1S/C10H16N2O3S/c1-4-8(11)7-5-9(15-2)12-10(6-7)16(3,13)14/h5-6,8H,4,11H2,1-3H3. The molecule has 1 aromatic heterocycles. The van der Waals surface area contributed by atoms with Gasteiger partial charge in [0.15, 0.2) is 14.9 Å². The molecule has 0 aliphatic heterocycles. The minimum Gasteiger partial charge on any atom is -0.481 e. The summed E-state index contributed by atoms with van der Waals surface area (Å²) in [5, 5.41) is -0.00856. The Morgan fingerprint density at radius 3 is 2.56 bits per heavy atom. The molecule has 0 fully saturated rings. The minimum absolute atomic E-state index is 0.00856. The molecule has 0 aliphatic carbocycles. The largest absolute Gasteiger partial charge is 0.481 e. The van der Waals surface area contributed by atoms with Crippen LogP contribution in [0.2, 0.25) is 0 Å². The number of nitrogens with two attached hydrogens (primary N) is 1. The van der Waals surface area contributed by atoms with Gasteiger partial charge in [0, 0.05) is 18.4 Å². The summed E-state index contributed by atoms with van der Waals surface area (Å²) < 4.78 is 27.8. The van der Waals surface area contributed by atoms with E-state index in [1.54, 1.807) is 6.07 Å². The van der Waals surface area contributed by atoms with Crippen molar-refractivity contribution in [1.82, 2.24) is 4.98 Å². The van der Waals surface area contributed by atoms with Gasteiger partial charge in [0.1, 0.15) is 0 Å². The number of rotatable bonds is 4. The van der Waals surface area contributed by atoms with Crippen molar-refractivity contribution in [3.8, 4) is 5.88 Å². The van der Waals surface area contributed by atoms with Crippen LogP contribution in [0.4, 0.5) is 0 Å². The highest BCUT2D eigenvalue weighted by Gasteiger charge is 2.14. The number of sulfone groups is 1. The predicted molar refractivity (Wildman–Crippen MR) is 61.1 cm³/mol. The lowest BCUT2D eigenvalue weighted by Crippen LogP contribution is -2.11. The molecule has 0 aliphatic rings. The SMILES string of the molecule is CCC(N)c1cc(OC)nc(S(C)(=O)=O)c1. The van der Waals surface area contributed by atoms with Crippen molar-refractivity contribution < 1.29 is 13.2 Å². The number of hydrogen-bond acceptors (Lipinski definition) is 5. The maximum atomic E-state index is 11.4. The summed E-state index contributed by atoms with van der Waals surface area (Å²) >= 11 is 0. The number of methoxy groups -OCH3 is 1. The summed E-state index contributed by atoms with van der Waals surface area (Å²) in [6.07, 6.45) is 1.83. The van der Waals surface area contributed by atoms with Crippen molar-refractivity contribution >= 4 is 9.84 Å². The highest BCUT2D eigenvalue weighted by Crippen LogP contribution is 2.21. The topological polar surface area (TPSA) is 82.3 Å². The van der Waals surface area contributed by atoms with Crippen molar-refractivity contribution in [3.63, 3.8) is 0 Å². The van der Waals surface area contributed by atoms with Gasteiger partial charge < -0.3 is 10.5 Å². The third kappa shape index (κ3) is 2.93. The van der Waals surface area contributed by atoms with Crippen molar-refractivity contribution in [2.45, 2.75) is 24.4 Å². The Morgan fingerprint density at radius 1 is 1.50 bits per heavy atom. The van der Waals surface area contributed by atoms with Crippen molar-refractivity contribution in [1.29, 1.82) is 0 Å². The lowest BCUT2D eigenvalue weighted by molar-refractivity contribution is 0.392. The van der Waals surface area contributed by atoms with Gasteiger partial charge in [-0.2, -0.15) is 0 Å². The molecule has 90 valence electrons. The Balaban J connectivity index is 3.32. The van der Waals surface area contributed by atoms with E-state index in [1.165, 1.54) is 13.2 Å². The molecule has 1 aromatic rings. The Hall–Kier alpha value is -1.14. The van der Waals surface area contributed by atoms with E-state index >= 15 is 0 Å². The Morgan fingerprint density at radius 2 is 2.12 bits per heavy atom. The second-order valence-electron chi connectivity index (χ2n) is 3.57. The van der Waals surface area contributed by atoms with Crippen molar-refractivity contribution in [2.24, 2.45) is 5.73 Å². The highest BCUT2D eigenvalue weighted by atomic mass is 32.2. The molecule has 16 heavy (non-hydrogen) atoms. The molecule has 1 rings (SSSR count). The summed E-state index contributed by atoms with van der Waals surface area (Å²) in [6, 6.07) is 2.94. The lowest BCUT2D eigenvalue weighted by Gasteiger charge is -2.11. The summed E-state index contributed by atoms with van der Waals surface area (Å²) in [7, 11) is -1.91. The predicted octanol–water partition coefficient (Wildman–Crippen LogP) is 0.904. The van der Waals surface area contributed by atoms with Gasteiger partial charge >= 0.3 is 0 Å². The molecule has 1 unspecified atom stereocenters. The fraction of sp³-hybridized carbons (Fsp3) is 0.500. The second-order valence-corrected chi connectivity index (χ2v) is 5.53. The number of ether oxygens (including phenoxy) is 1. The first-order chi connectivity index (χ1) is 7.38. The van der Waals surface area contributed by atoms with Crippen LogP contribution in [0.3, 0.4) is 0 Å². The quantitative estimate of drug-likeness (QED) is 0.851. The molecule has 0 aromatic carbocycles. The zero-order chi connectivity index (χ0) is 12.3. The van der Waals surface area contributed by atoms with Gasteiger partial charge in [0.25, 0.3) is 0 Å². The Labute approximate surface area is 95.6 Å². The molecule has 1 heterocycles. The first-order valence-corrected chi connectivity index (χ1v) is 6.79. The number of aromatic nitrogens is 1. The summed E-state index contributed by atoms with van der Waals surface area (Å²) in [6.45, 7) is 1.93. The van der Waals surface area contributed by atoms with Crippen LogP contribution in [0, 0.1) is 0 Å². The van der Waals surface area contributed by atoms with Crippen LogP contribution in [0.1, 0.15) is 24.9 Å². The van der Waals surface area contributed by atoms with Gasteiger partial charge in [-0.3, -0.25) is 0 Å². The molecule has 6 heteroatoms.